The van der Waals surface area contributed by atoms with Crippen LogP contribution < -0.4 is 4.74 Å². The second kappa shape index (κ2) is 5.17. The molecule has 0 aliphatic rings. The van der Waals surface area contributed by atoms with E-state index in [1.165, 1.54) is 18.4 Å². The number of aromatic nitrogens is 1. The van der Waals surface area contributed by atoms with E-state index < -0.39 is 5.97 Å². The van der Waals surface area contributed by atoms with E-state index >= 15 is 0 Å². The number of nitrogens with zero attached hydrogens (tertiary/aromatic N) is 1. The number of ether oxygens (including phenoxy) is 1. The second-order valence-electron chi connectivity index (χ2n) is 4.49. The van der Waals surface area contributed by atoms with Gasteiger partial charge in [0.05, 0.1) is 30.0 Å². The molecule has 0 radical (unpaired) electrons. The molecule has 21 heavy (non-hydrogen) atoms. The zero-order valence-corrected chi connectivity index (χ0v) is 11.9. The van der Waals surface area contributed by atoms with Gasteiger partial charge in [-0.2, -0.15) is 0 Å². The highest BCUT2D eigenvalue weighted by molar-refractivity contribution is 7.21. The molecule has 3 aromatic rings. The Morgan fingerprint density at radius 3 is 2.86 bits per heavy atom. The first-order chi connectivity index (χ1) is 10.1. The Balaban J connectivity index is 2.07. The topological polar surface area (TPSA) is 89.6 Å². The molecule has 0 spiro atoms. The summed E-state index contributed by atoms with van der Waals surface area (Å²) in [5, 5.41) is 14.0. The first-order valence-electron chi connectivity index (χ1n) is 6.20. The molecule has 2 aromatic heterocycles. The van der Waals surface area contributed by atoms with Crippen LogP contribution in [0.4, 0.5) is 0 Å². The van der Waals surface area contributed by atoms with E-state index in [9.17, 15) is 9.59 Å². The summed E-state index contributed by atoms with van der Waals surface area (Å²) in [6, 6.07) is 3.55. The van der Waals surface area contributed by atoms with Crippen molar-refractivity contribution >= 4 is 44.1 Å². The average Bonchev–Trinajstić information content (AvgIpc) is 3.09. The summed E-state index contributed by atoms with van der Waals surface area (Å²) < 4.78 is 11.3. The molecule has 6 nitrogen and oxygen atoms in total. The molecular weight excluding hydrogens is 294 g/mol. The number of carboxylic acid groups (broad SMARTS) is 1. The van der Waals surface area contributed by atoms with Gasteiger partial charge in [-0.25, -0.2) is 0 Å². The number of aliphatic carboxylic acids is 1. The molecule has 0 amide bonds. The molecule has 2 heterocycles. The molecular formula is C14H11NO5S. The molecule has 0 aliphatic heterocycles. The fraction of sp³-hybridized carbons (Fsp3) is 0.214. The predicted octanol–water partition coefficient (Wildman–Crippen LogP) is 3.10. The fourth-order valence-electron chi connectivity index (χ4n) is 2.15. The second-order valence-corrected chi connectivity index (χ2v) is 5.57. The number of fused-ring (bicyclic) bond motifs is 3. The number of carboxylic acids is 1. The summed E-state index contributed by atoms with van der Waals surface area (Å²) in [5.41, 5.74) is 0.535. The normalized spacial score (nSPS) is 11.1. The summed E-state index contributed by atoms with van der Waals surface area (Å²) in [4.78, 5) is 23.1. The maximum Gasteiger partial charge on any atom is 0.303 e. The summed E-state index contributed by atoms with van der Waals surface area (Å²) >= 11 is 1.31. The first kappa shape index (κ1) is 13.6. The highest BCUT2D eigenvalue weighted by Gasteiger charge is 2.17. The highest BCUT2D eigenvalue weighted by Crippen LogP contribution is 2.38. The van der Waals surface area contributed by atoms with Crippen LogP contribution in [0.25, 0.3) is 21.1 Å². The Morgan fingerprint density at radius 1 is 1.33 bits per heavy atom. The van der Waals surface area contributed by atoms with Gasteiger partial charge >= 0.3 is 5.97 Å². The predicted molar refractivity (Wildman–Crippen MR) is 77.1 cm³/mol. The van der Waals surface area contributed by atoms with Crippen molar-refractivity contribution in [2.45, 2.75) is 12.8 Å². The molecule has 0 atom stereocenters. The van der Waals surface area contributed by atoms with Crippen molar-refractivity contribution in [1.29, 1.82) is 0 Å². The van der Waals surface area contributed by atoms with Gasteiger partial charge in [0.1, 0.15) is 0 Å². The lowest BCUT2D eigenvalue weighted by atomic mass is 10.1. The molecule has 0 aliphatic carbocycles. The number of rotatable bonds is 5. The first-order valence-corrected chi connectivity index (χ1v) is 7.01. The van der Waals surface area contributed by atoms with E-state index in [1.807, 2.05) is 0 Å². The van der Waals surface area contributed by atoms with Crippen molar-refractivity contribution < 1.29 is 24.0 Å². The van der Waals surface area contributed by atoms with Gasteiger partial charge in [-0.15, -0.1) is 11.3 Å². The molecule has 0 bridgehead atoms. The number of carbonyl (C=O) groups is 2. The van der Waals surface area contributed by atoms with Gasteiger partial charge in [0.15, 0.2) is 11.5 Å². The van der Waals surface area contributed by atoms with Crippen LogP contribution in [0.3, 0.4) is 0 Å². The summed E-state index contributed by atoms with van der Waals surface area (Å²) in [7, 11) is 1.54. The lowest BCUT2D eigenvalue weighted by molar-refractivity contribution is -0.136. The molecule has 1 N–H and O–H groups in total. The van der Waals surface area contributed by atoms with E-state index in [0.29, 0.717) is 16.2 Å². The van der Waals surface area contributed by atoms with E-state index in [2.05, 4.69) is 5.16 Å². The molecule has 108 valence electrons. The van der Waals surface area contributed by atoms with Crippen molar-refractivity contribution in [3.05, 3.63) is 23.2 Å². The Kier molecular flexibility index (Phi) is 3.34. The van der Waals surface area contributed by atoms with Crippen LogP contribution in [0.15, 0.2) is 22.9 Å². The number of hydrogen-bond acceptors (Lipinski definition) is 6. The molecule has 0 fully saturated rings. The van der Waals surface area contributed by atoms with Crippen molar-refractivity contribution in [1.82, 2.24) is 5.16 Å². The van der Waals surface area contributed by atoms with Crippen LogP contribution in [0.5, 0.6) is 5.75 Å². The van der Waals surface area contributed by atoms with Crippen LogP contribution in [0.1, 0.15) is 22.5 Å². The van der Waals surface area contributed by atoms with E-state index in [0.717, 1.165) is 15.5 Å². The van der Waals surface area contributed by atoms with Crippen LogP contribution in [0, 0.1) is 0 Å². The third kappa shape index (κ3) is 2.36. The molecule has 0 saturated carbocycles. The minimum absolute atomic E-state index is 0.00787. The average molecular weight is 305 g/mol. The maximum absolute atomic E-state index is 12.0. The minimum Gasteiger partial charge on any atom is -0.493 e. The smallest absolute Gasteiger partial charge is 0.303 e. The third-order valence-electron chi connectivity index (χ3n) is 3.17. The van der Waals surface area contributed by atoms with Gasteiger partial charge in [0.2, 0.25) is 5.58 Å². The Hall–Kier alpha value is -2.41. The van der Waals surface area contributed by atoms with Gasteiger partial charge in [0, 0.05) is 22.6 Å². The number of benzene rings is 1. The van der Waals surface area contributed by atoms with Crippen molar-refractivity contribution in [2.24, 2.45) is 0 Å². The van der Waals surface area contributed by atoms with Crippen molar-refractivity contribution in [3.63, 3.8) is 0 Å². The minimum atomic E-state index is -0.979. The highest BCUT2D eigenvalue weighted by atomic mass is 32.1. The molecule has 3 rings (SSSR count). The standard InChI is InChI=1S/C14H11NO5S/c1-19-10-5-11-7(8-6-15-20-14(8)10)4-12(21-11)9(16)2-3-13(17)18/h4-6H,2-3H2,1H3,(H,17,18). The van der Waals surface area contributed by atoms with Gasteiger partial charge in [0.25, 0.3) is 0 Å². The monoisotopic (exact) mass is 305 g/mol. The Bertz CT molecular complexity index is 848. The van der Waals surface area contributed by atoms with Crippen LogP contribution in [-0.4, -0.2) is 29.1 Å². The number of thiophene rings is 1. The van der Waals surface area contributed by atoms with Crippen molar-refractivity contribution in [2.75, 3.05) is 7.11 Å². The molecule has 0 saturated heterocycles. The number of carbonyl (C=O) groups excluding carboxylic acids is 1. The lowest BCUT2D eigenvalue weighted by Gasteiger charge is -1.99. The molecule has 7 heteroatoms. The Morgan fingerprint density at radius 2 is 2.14 bits per heavy atom. The van der Waals surface area contributed by atoms with Gasteiger partial charge < -0.3 is 14.4 Å². The maximum atomic E-state index is 12.0. The largest absolute Gasteiger partial charge is 0.493 e. The molecule has 0 unspecified atom stereocenters. The Labute approximate surface area is 122 Å². The summed E-state index contributed by atoms with van der Waals surface area (Å²) in [5.74, 6) is -0.601. The fourth-order valence-corrected chi connectivity index (χ4v) is 3.22. The van der Waals surface area contributed by atoms with Crippen LogP contribution >= 0.6 is 11.3 Å². The summed E-state index contributed by atoms with van der Waals surface area (Å²) in [6.45, 7) is 0. The van der Waals surface area contributed by atoms with Crippen molar-refractivity contribution in [3.8, 4) is 5.75 Å². The van der Waals surface area contributed by atoms with E-state index in [-0.39, 0.29) is 18.6 Å². The SMILES string of the molecule is COc1cc2sc(C(=O)CCC(=O)O)cc2c2cnoc12. The van der Waals surface area contributed by atoms with Gasteiger partial charge in [-0.05, 0) is 6.07 Å². The van der Waals surface area contributed by atoms with Crippen LogP contribution in [-0.2, 0) is 4.79 Å². The zero-order chi connectivity index (χ0) is 15.0. The lowest BCUT2D eigenvalue weighted by Crippen LogP contribution is -2.01. The van der Waals surface area contributed by atoms with E-state index in [1.54, 1.807) is 18.3 Å². The molecule has 1 aromatic carbocycles. The number of ketones is 1. The number of methoxy groups -OCH3 is 1. The summed E-state index contributed by atoms with van der Waals surface area (Å²) in [6.07, 6.45) is 1.41. The van der Waals surface area contributed by atoms with Gasteiger partial charge in [-0.3, -0.25) is 9.59 Å². The van der Waals surface area contributed by atoms with Crippen LogP contribution in [0.2, 0.25) is 0 Å². The number of Topliss-reactive ketones (excluding diaryl/α,β-unsaturated/α-hetero) is 1. The third-order valence-corrected chi connectivity index (χ3v) is 4.29. The van der Waals surface area contributed by atoms with E-state index in [4.69, 9.17) is 14.4 Å². The quantitative estimate of drug-likeness (QED) is 0.728. The zero-order valence-electron chi connectivity index (χ0n) is 11.1. The number of hydrogen-bond donors (Lipinski definition) is 1. The van der Waals surface area contributed by atoms with Gasteiger partial charge in [-0.1, -0.05) is 5.16 Å².